The van der Waals surface area contributed by atoms with Crippen molar-refractivity contribution in [1.29, 1.82) is 0 Å². The molecule has 0 bridgehead atoms. The van der Waals surface area contributed by atoms with Gasteiger partial charge in [-0.15, -0.1) is 11.3 Å². The highest BCUT2D eigenvalue weighted by atomic mass is 32.2. The van der Waals surface area contributed by atoms with Crippen molar-refractivity contribution in [2.45, 2.75) is 5.75 Å². The third kappa shape index (κ3) is 3.94. The average molecular weight is 267 g/mol. The number of hydrogen-bond donors (Lipinski definition) is 1. The second-order valence-corrected chi connectivity index (χ2v) is 5.54. The van der Waals surface area contributed by atoms with E-state index in [1.807, 2.05) is 11.8 Å². The lowest BCUT2D eigenvalue weighted by Crippen LogP contribution is -2.25. The van der Waals surface area contributed by atoms with Crippen molar-refractivity contribution in [3.63, 3.8) is 0 Å². The lowest BCUT2D eigenvalue weighted by Gasteiger charge is -2.02. The lowest BCUT2D eigenvalue weighted by molar-refractivity contribution is 0.0955. The topological polar surface area (TPSA) is 42.2 Å². The van der Waals surface area contributed by atoms with Gasteiger partial charge in [0, 0.05) is 22.9 Å². The van der Waals surface area contributed by atoms with Gasteiger partial charge in [0.1, 0.15) is 6.26 Å². The van der Waals surface area contributed by atoms with Crippen molar-refractivity contribution in [2.24, 2.45) is 0 Å². The van der Waals surface area contributed by atoms with Gasteiger partial charge in [0.25, 0.3) is 5.91 Å². The Bertz CT molecular complexity index is 437. The molecular formula is C12H13NO2S2. The molecule has 17 heavy (non-hydrogen) atoms. The van der Waals surface area contributed by atoms with Crippen LogP contribution in [0.4, 0.5) is 0 Å². The quantitative estimate of drug-likeness (QED) is 0.818. The summed E-state index contributed by atoms with van der Waals surface area (Å²) in [6.07, 6.45) is 2.95. The predicted octanol–water partition coefficient (Wildman–Crippen LogP) is 3.00. The van der Waals surface area contributed by atoms with Gasteiger partial charge >= 0.3 is 0 Å². The van der Waals surface area contributed by atoms with Gasteiger partial charge in [-0.05, 0) is 17.5 Å². The van der Waals surface area contributed by atoms with E-state index in [2.05, 4.69) is 22.8 Å². The lowest BCUT2D eigenvalue weighted by atomic mass is 10.3. The second kappa shape index (κ2) is 6.51. The Hall–Kier alpha value is -1.20. The molecule has 0 fully saturated rings. The molecule has 0 unspecified atom stereocenters. The maximum atomic E-state index is 11.5. The minimum absolute atomic E-state index is 0.0736. The Morgan fingerprint density at radius 2 is 2.41 bits per heavy atom. The van der Waals surface area contributed by atoms with Gasteiger partial charge in [-0.2, -0.15) is 11.8 Å². The molecule has 1 N–H and O–H groups in total. The van der Waals surface area contributed by atoms with Crippen LogP contribution in [0.1, 0.15) is 15.2 Å². The number of nitrogens with one attached hydrogen (secondary N) is 1. The summed E-state index contributed by atoms with van der Waals surface area (Å²) in [5.74, 6) is 1.86. The van der Waals surface area contributed by atoms with E-state index in [9.17, 15) is 4.79 Å². The van der Waals surface area contributed by atoms with Gasteiger partial charge in [-0.1, -0.05) is 6.07 Å². The monoisotopic (exact) mass is 267 g/mol. The van der Waals surface area contributed by atoms with Crippen LogP contribution in [0.15, 0.2) is 40.5 Å². The maximum Gasteiger partial charge on any atom is 0.254 e. The van der Waals surface area contributed by atoms with Crippen molar-refractivity contribution in [1.82, 2.24) is 5.32 Å². The number of furan rings is 1. The summed E-state index contributed by atoms with van der Waals surface area (Å²) in [7, 11) is 0. The molecule has 0 aliphatic heterocycles. The normalized spacial score (nSPS) is 10.4. The highest BCUT2D eigenvalue weighted by Gasteiger charge is 2.05. The van der Waals surface area contributed by atoms with Crippen LogP contribution < -0.4 is 5.32 Å². The molecule has 2 rings (SSSR count). The molecule has 0 atom stereocenters. The summed E-state index contributed by atoms with van der Waals surface area (Å²) in [4.78, 5) is 12.9. The fourth-order valence-electron chi connectivity index (χ4n) is 1.30. The number of thiophene rings is 1. The molecule has 1 amide bonds. The van der Waals surface area contributed by atoms with Crippen molar-refractivity contribution >= 4 is 29.0 Å². The maximum absolute atomic E-state index is 11.5. The number of thioether (sulfide) groups is 1. The Morgan fingerprint density at radius 1 is 1.47 bits per heavy atom. The molecule has 3 nitrogen and oxygen atoms in total. The summed E-state index contributed by atoms with van der Waals surface area (Å²) < 4.78 is 4.85. The first-order valence-electron chi connectivity index (χ1n) is 5.27. The third-order valence-corrected chi connectivity index (χ3v) is 4.21. The molecule has 0 spiro atoms. The van der Waals surface area contributed by atoms with Crippen molar-refractivity contribution < 1.29 is 9.21 Å². The Balaban J connectivity index is 1.59. The largest absolute Gasteiger partial charge is 0.472 e. The first kappa shape index (κ1) is 12.3. The number of amides is 1. The van der Waals surface area contributed by atoms with Crippen molar-refractivity contribution in [3.05, 3.63) is 46.5 Å². The molecule has 0 aliphatic rings. The van der Waals surface area contributed by atoms with Crippen LogP contribution in [0.5, 0.6) is 0 Å². The van der Waals surface area contributed by atoms with Crippen LogP contribution in [-0.4, -0.2) is 18.2 Å². The number of hydrogen-bond acceptors (Lipinski definition) is 4. The zero-order valence-corrected chi connectivity index (χ0v) is 10.9. The van der Waals surface area contributed by atoms with Gasteiger partial charge < -0.3 is 9.73 Å². The summed E-state index contributed by atoms with van der Waals surface area (Å²) in [5, 5.41) is 4.93. The second-order valence-electron chi connectivity index (χ2n) is 3.40. The molecule has 2 aromatic heterocycles. The van der Waals surface area contributed by atoms with Crippen LogP contribution in [0.3, 0.4) is 0 Å². The fourth-order valence-corrected chi connectivity index (χ4v) is 3.00. The first-order valence-corrected chi connectivity index (χ1v) is 7.30. The van der Waals surface area contributed by atoms with E-state index in [1.54, 1.807) is 17.4 Å². The van der Waals surface area contributed by atoms with Crippen LogP contribution in [0, 0.1) is 0 Å². The van der Waals surface area contributed by atoms with E-state index in [0.29, 0.717) is 12.1 Å². The van der Waals surface area contributed by atoms with Gasteiger partial charge in [0.2, 0.25) is 0 Å². The summed E-state index contributed by atoms with van der Waals surface area (Å²) in [5.41, 5.74) is 0.577. The van der Waals surface area contributed by atoms with Crippen LogP contribution in [0.2, 0.25) is 0 Å². The zero-order chi connectivity index (χ0) is 11.9. The van der Waals surface area contributed by atoms with E-state index in [0.717, 1.165) is 11.5 Å². The molecular weight excluding hydrogens is 254 g/mol. The molecule has 0 saturated carbocycles. The van der Waals surface area contributed by atoms with Gasteiger partial charge in [-0.3, -0.25) is 4.79 Å². The van der Waals surface area contributed by atoms with Crippen molar-refractivity contribution in [2.75, 3.05) is 12.3 Å². The van der Waals surface area contributed by atoms with E-state index in [1.165, 1.54) is 17.4 Å². The van der Waals surface area contributed by atoms with Crippen LogP contribution >= 0.6 is 23.1 Å². The summed E-state index contributed by atoms with van der Waals surface area (Å²) in [6, 6.07) is 5.84. The SMILES string of the molecule is O=C(NCCSCc1cccs1)c1ccoc1. The average Bonchev–Trinajstić information content (AvgIpc) is 3.01. The number of carbonyl (C=O) groups is 1. The minimum Gasteiger partial charge on any atom is -0.472 e. The van der Waals surface area contributed by atoms with E-state index in [4.69, 9.17) is 4.42 Å². The van der Waals surface area contributed by atoms with Crippen molar-refractivity contribution in [3.8, 4) is 0 Å². The molecule has 90 valence electrons. The highest BCUT2D eigenvalue weighted by molar-refractivity contribution is 7.98. The van der Waals surface area contributed by atoms with Gasteiger partial charge in [-0.25, -0.2) is 0 Å². The first-order chi connectivity index (χ1) is 8.36. The molecule has 2 aromatic rings. The smallest absolute Gasteiger partial charge is 0.254 e. The standard InChI is InChI=1S/C12H13NO2S2/c14-12(10-3-5-15-8-10)13-4-7-16-9-11-2-1-6-17-11/h1-3,5-6,8H,4,7,9H2,(H,13,14). The third-order valence-electron chi connectivity index (χ3n) is 2.14. The van der Waals surface area contributed by atoms with Crippen LogP contribution in [0.25, 0.3) is 0 Å². The zero-order valence-electron chi connectivity index (χ0n) is 9.22. The Morgan fingerprint density at radius 3 is 3.12 bits per heavy atom. The fraction of sp³-hybridized carbons (Fsp3) is 0.250. The number of carbonyl (C=O) groups excluding carboxylic acids is 1. The Labute approximate surface area is 108 Å². The Kier molecular flexibility index (Phi) is 4.70. The molecule has 5 heteroatoms. The summed E-state index contributed by atoms with van der Waals surface area (Å²) in [6.45, 7) is 0.681. The van der Waals surface area contributed by atoms with E-state index in [-0.39, 0.29) is 5.91 Å². The highest BCUT2D eigenvalue weighted by Crippen LogP contribution is 2.16. The van der Waals surface area contributed by atoms with Crippen LogP contribution in [-0.2, 0) is 5.75 Å². The summed E-state index contributed by atoms with van der Waals surface area (Å²) >= 11 is 3.59. The number of rotatable bonds is 6. The van der Waals surface area contributed by atoms with E-state index < -0.39 is 0 Å². The van der Waals surface area contributed by atoms with E-state index >= 15 is 0 Å². The molecule has 0 aliphatic carbocycles. The predicted molar refractivity (Wildman–Crippen MR) is 71.5 cm³/mol. The van der Waals surface area contributed by atoms with Gasteiger partial charge in [0.15, 0.2) is 0 Å². The minimum atomic E-state index is -0.0736. The molecule has 0 aromatic carbocycles. The molecule has 0 saturated heterocycles. The van der Waals surface area contributed by atoms with Gasteiger partial charge in [0.05, 0.1) is 11.8 Å². The molecule has 2 heterocycles. The molecule has 0 radical (unpaired) electrons.